The number of rotatable bonds is 9. The number of aromatic nitrogens is 1. The van der Waals surface area contributed by atoms with Crippen LogP contribution >= 0.6 is 11.3 Å². The molecule has 1 heterocycles. The second-order valence-electron chi connectivity index (χ2n) is 7.93. The van der Waals surface area contributed by atoms with Crippen LogP contribution in [-0.4, -0.2) is 48.7 Å². The molecule has 0 aliphatic heterocycles. The van der Waals surface area contributed by atoms with Crippen LogP contribution in [-0.2, 0) is 14.8 Å². The van der Waals surface area contributed by atoms with Gasteiger partial charge < -0.3 is 10.6 Å². The standard InChI is InChI=1S/C23H27FN4O4S2/c1-5-28(6-2)34(31,32)17-9-7-8-15(12-17)21(29)26-20(14(3)4)22(30)27-23-25-18-11-10-16(24)13-19(18)33-23/h7-14,20H,5-6H2,1-4H3,(H,26,29)(H,25,27,30)/t20-/m0/s1. The van der Waals surface area contributed by atoms with Crippen LogP contribution in [0.5, 0.6) is 0 Å². The maximum atomic E-state index is 13.4. The largest absolute Gasteiger partial charge is 0.340 e. The van der Waals surface area contributed by atoms with Gasteiger partial charge in [-0.2, -0.15) is 4.31 Å². The van der Waals surface area contributed by atoms with Crippen molar-refractivity contribution in [2.45, 2.75) is 38.6 Å². The fourth-order valence-electron chi connectivity index (χ4n) is 3.40. The van der Waals surface area contributed by atoms with E-state index in [0.717, 1.165) is 11.3 Å². The number of sulfonamides is 1. The number of carbonyl (C=O) groups is 2. The van der Waals surface area contributed by atoms with E-state index in [1.54, 1.807) is 27.7 Å². The van der Waals surface area contributed by atoms with E-state index >= 15 is 0 Å². The van der Waals surface area contributed by atoms with Crippen molar-refractivity contribution in [3.05, 3.63) is 53.8 Å². The van der Waals surface area contributed by atoms with E-state index in [2.05, 4.69) is 15.6 Å². The van der Waals surface area contributed by atoms with E-state index in [1.165, 1.54) is 46.8 Å². The van der Waals surface area contributed by atoms with Crippen LogP contribution in [0.4, 0.5) is 9.52 Å². The van der Waals surface area contributed by atoms with Gasteiger partial charge in [-0.1, -0.05) is 45.1 Å². The molecule has 0 saturated carbocycles. The molecular formula is C23H27FN4O4S2. The molecule has 8 nitrogen and oxygen atoms in total. The van der Waals surface area contributed by atoms with Crippen molar-refractivity contribution in [1.82, 2.24) is 14.6 Å². The number of nitrogens with one attached hydrogen (secondary N) is 2. The van der Waals surface area contributed by atoms with Gasteiger partial charge in [0.1, 0.15) is 11.9 Å². The van der Waals surface area contributed by atoms with Gasteiger partial charge in [-0.3, -0.25) is 9.59 Å². The van der Waals surface area contributed by atoms with Crippen LogP contribution in [0, 0.1) is 11.7 Å². The van der Waals surface area contributed by atoms with Gasteiger partial charge in [-0.05, 0) is 42.3 Å². The predicted molar refractivity (Wildman–Crippen MR) is 131 cm³/mol. The molecule has 1 aromatic heterocycles. The Balaban J connectivity index is 1.78. The van der Waals surface area contributed by atoms with E-state index in [1.807, 2.05) is 0 Å². The molecule has 0 saturated heterocycles. The lowest BCUT2D eigenvalue weighted by atomic mass is 10.0. The molecule has 0 aliphatic carbocycles. The first-order valence-electron chi connectivity index (χ1n) is 10.8. The first kappa shape index (κ1) is 25.7. The van der Waals surface area contributed by atoms with Gasteiger partial charge in [0.2, 0.25) is 15.9 Å². The number of fused-ring (bicyclic) bond motifs is 1. The lowest BCUT2D eigenvalue weighted by Crippen LogP contribution is -2.47. The van der Waals surface area contributed by atoms with Crippen LogP contribution in [0.3, 0.4) is 0 Å². The van der Waals surface area contributed by atoms with Gasteiger partial charge in [0.05, 0.1) is 15.1 Å². The highest BCUT2D eigenvalue weighted by Crippen LogP contribution is 2.27. The molecular weight excluding hydrogens is 479 g/mol. The van der Waals surface area contributed by atoms with Crippen LogP contribution in [0.15, 0.2) is 47.4 Å². The summed E-state index contributed by atoms with van der Waals surface area (Å²) < 4.78 is 40.9. The second kappa shape index (κ2) is 10.6. The molecule has 0 bridgehead atoms. The summed E-state index contributed by atoms with van der Waals surface area (Å²) in [6.07, 6.45) is 0. The summed E-state index contributed by atoms with van der Waals surface area (Å²) >= 11 is 1.13. The monoisotopic (exact) mass is 506 g/mol. The molecule has 2 aromatic carbocycles. The van der Waals surface area contributed by atoms with Crippen molar-refractivity contribution in [3.63, 3.8) is 0 Å². The van der Waals surface area contributed by atoms with Crippen molar-refractivity contribution in [2.75, 3.05) is 18.4 Å². The summed E-state index contributed by atoms with van der Waals surface area (Å²) in [5.74, 6) is -1.71. The number of anilines is 1. The van der Waals surface area contributed by atoms with Crippen LogP contribution in [0.25, 0.3) is 10.2 Å². The lowest BCUT2D eigenvalue weighted by molar-refractivity contribution is -0.118. The first-order chi connectivity index (χ1) is 16.1. The third-order valence-electron chi connectivity index (χ3n) is 5.26. The van der Waals surface area contributed by atoms with Crippen LogP contribution in [0.2, 0.25) is 0 Å². The quantitative estimate of drug-likeness (QED) is 0.458. The number of nitrogens with zero attached hydrogens (tertiary/aromatic N) is 2. The highest BCUT2D eigenvalue weighted by molar-refractivity contribution is 7.89. The zero-order valence-electron chi connectivity index (χ0n) is 19.3. The number of carbonyl (C=O) groups excluding carboxylic acids is 2. The zero-order chi connectivity index (χ0) is 25.0. The van der Waals surface area contributed by atoms with Gasteiger partial charge in [-0.25, -0.2) is 17.8 Å². The molecule has 0 unspecified atom stereocenters. The number of hydrogen-bond acceptors (Lipinski definition) is 6. The molecule has 2 amide bonds. The Morgan fingerprint density at radius 1 is 1.12 bits per heavy atom. The molecule has 0 fully saturated rings. The fraction of sp³-hybridized carbons (Fsp3) is 0.348. The predicted octanol–water partition coefficient (Wildman–Crippen LogP) is 3.86. The average molecular weight is 507 g/mol. The van der Waals surface area contributed by atoms with Gasteiger partial charge in [0.15, 0.2) is 5.13 Å². The van der Waals surface area contributed by atoms with E-state index < -0.39 is 33.7 Å². The molecule has 1 atom stereocenters. The minimum atomic E-state index is -3.73. The molecule has 0 radical (unpaired) electrons. The third kappa shape index (κ3) is 5.60. The molecule has 34 heavy (non-hydrogen) atoms. The molecule has 11 heteroatoms. The van der Waals surface area contributed by atoms with E-state index in [0.29, 0.717) is 23.3 Å². The SMILES string of the molecule is CCN(CC)S(=O)(=O)c1cccc(C(=O)N[C@H](C(=O)Nc2nc3ccc(F)cc3s2)C(C)C)c1. The molecule has 0 aliphatic rings. The van der Waals surface area contributed by atoms with Crippen molar-refractivity contribution in [2.24, 2.45) is 5.92 Å². The fourth-order valence-corrected chi connectivity index (χ4v) is 5.80. The third-order valence-corrected chi connectivity index (χ3v) is 8.24. The maximum absolute atomic E-state index is 13.4. The van der Waals surface area contributed by atoms with Crippen molar-refractivity contribution >= 4 is 48.5 Å². The summed E-state index contributed by atoms with van der Waals surface area (Å²) in [5.41, 5.74) is 0.681. The number of halogens is 1. The Morgan fingerprint density at radius 2 is 1.82 bits per heavy atom. The van der Waals surface area contributed by atoms with E-state index in [-0.39, 0.29) is 21.5 Å². The molecule has 2 N–H and O–H groups in total. The van der Waals surface area contributed by atoms with E-state index in [4.69, 9.17) is 0 Å². The Hall–Kier alpha value is -2.89. The smallest absolute Gasteiger partial charge is 0.251 e. The Bertz CT molecular complexity index is 1300. The van der Waals surface area contributed by atoms with Crippen molar-refractivity contribution < 1.29 is 22.4 Å². The normalized spacial score (nSPS) is 12.8. The zero-order valence-corrected chi connectivity index (χ0v) is 21.0. The van der Waals surface area contributed by atoms with Gasteiger partial charge >= 0.3 is 0 Å². The number of hydrogen-bond donors (Lipinski definition) is 2. The molecule has 0 spiro atoms. The summed E-state index contributed by atoms with van der Waals surface area (Å²) in [6, 6.07) is 8.98. The van der Waals surface area contributed by atoms with Crippen LogP contribution < -0.4 is 10.6 Å². The lowest BCUT2D eigenvalue weighted by Gasteiger charge is -2.22. The van der Waals surface area contributed by atoms with E-state index in [9.17, 15) is 22.4 Å². The van der Waals surface area contributed by atoms with Gasteiger partial charge in [-0.15, -0.1) is 0 Å². The first-order valence-corrected chi connectivity index (χ1v) is 13.1. The minimum Gasteiger partial charge on any atom is -0.340 e. The Labute approximate surface area is 202 Å². The Kier molecular flexibility index (Phi) is 8.01. The summed E-state index contributed by atoms with van der Waals surface area (Å²) in [4.78, 5) is 30.1. The van der Waals surface area contributed by atoms with Crippen molar-refractivity contribution in [3.8, 4) is 0 Å². The Morgan fingerprint density at radius 3 is 2.47 bits per heavy atom. The summed E-state index contributed by atoms with van der Waals surface area (Å²) in [6.45, 7) is 7.66. The van der Waals surface area contributed by atoms with Crippen molar-refractivity contribution in [1.29, 1.82) is 0 Å². The minimum absolute atomic E-state index is 0.0103. The van der Waals surface area contributed by atoms with Crippen LogP contribution in [0.1, 0.15) is 38.1 Å². The number of amides is 2. The molecule has 182 valence electrons. The molecule has 3 aromatic rings. The summed E-state index contributed by atoms with van der Waals surface area (Å²) in [5, 5.41) is 5.66. The average Bonchev–Trinajstić information content (AvgIpc) is 3.18. The topological polar surface area (TPSA) is 108 Å². The highest BCUT2D eigenvalue weighted by atomic mass is 32.2. The summed E-state index contributed by atoms with van der Waals surface area (Å²) in [7, 11) is -3.73. The van der Waals surface area contributed by atoms with Gasteiger partial charge in [0.25, 0.3) is 5.91 Å². The highest BCUT2D eigenvalue weighted by Gasteiger charge is 2.27. The number of thiazole rings is 1. The second-order valence-corrected chi connectivity index (χ2v) is 10.9. The molecule has 3 rings (SSSR count). The number of benzene rings is 2. The van der Waals surface area contributed by atoms with Gasteiger partial charge in [0, 0.05) is 18.7 Å². The maximum Gasteiger partial charge on any atom is 0.251 e.